The van der Waals surface area contributed by atoms with Crippen molar-refractivity contribution in [1.29, 1.82) is 0 Å². The van der Waals surface area contributed by atoms with Gasteiger partial charge in [0.05, 0.1) is 29.5 Å². The molecule has 2 saturated heterocycles. The van der Waals surface area contributed by atoms with Gasteiger partial charge < -0.3 is 15.4 Å². The molecule has 3 N–H and O–H groups in total. The summed E-state index contributed by atoms with van der Waals surface area (Å²) in [5.74, 6) is -3.20. The molecule has 0 aromatic heterocycles. The van der Waals surface area contributed by atoms with Gasteiger partial charge in [0.15, 0.2) is 0 Å². The highest BCUT2D eigenvalue weighted by Crippen LogP contribution is 2.36. The van der Waals surface area contributed by atoms with Gasteiger partial charge >= 0.3 is 0 Å². The number of hydrogen-bond acceptors (Lipinski definition) is 7. The van der Waals surface area contributed by atoms with Crippen LogP contribution in [-0.2, 0) is 14.3 Å². The zero-order valence-electron chi connectivity index (χ0n) is 14.9. The number of piperidine rings is 1. The Labute approximate surface area is 159 Å². The molecule has 1 aromatic rings. The van der Waals surface area contributed by atoms with E-state index < -0.39 is 35.5 Å². The summed E-state index contributed by atoms with van der Waals surface area (Å²) < 4.78 is 20.2. The molecule has 0 radical (unpaired) electrons. The van der Waals surface area contributed by atoms with Crippen molar-refractivity contribution in [1.82, 2.24) is 10.2 Å². The standard InChI is InChI=1S/C18H19FN4O5/c19-11-2-1-10-14(15(11)22-5-6-28-9(7-20)8-22)18(27)23(17(10)26)12-3-4-13(24)21-16(12)25/h1-2,9,12H,3-8,20H2,(H,21,24,25). The number of hydrogen-bond donors (Lipinski definition) is 2. The smallest absolute Gasteiger partial charge is 0.264 e. The van der Waals surface area contributed by atoms with E-state index in [1.807, 2.05) is 0 Å². The van der Waals surface area contributed by atoms with E-state index in [1.54, 1.807) is 4.90 Å². The van der Waals surface area contributed by atoms with E-state index >= 15 is 0 Å². The molecule has 0 spiro atoms. The van der Waals surface area contributed by atoms with Gasteiger partial charge in [-0.3, -0.25) is 29.4 Å². The number of rotatable bonds is 3. The van der Waals surface area contributed by atoms with E-state index in [9.17, 15) is 23.6 Å². The van der Waals surface area contributed by atoms with Crippen molar-refractivity contribution in [2.24, 2.45) is 5.73 Å². The van der Waals surface area contributed by atoms with Crippen LogP contribution in [0.4, 0.5) is 10.1 Å². The molecule has 2 atom stereocenters. The highest BCUT2D eigenvalue weighted by atomic mass is 19.1. The van der Waals surface area contributed by atoms with Crippen LogP contribution in [0.15, 0.2) is 12.1 Å². The Morgan fingerprint density at radius 1 is 1.21 bits per heavy atom. The van der Waals surface area contributed by atoms with Crippen molar-refractivity contribution in [2.75, 3.05) is 31.1 Å². The van der Waals surface area contributed by atoms with Gasteiger partial charge in [0.2, 0.25) is 11.8 Å². The van der Waals surface area contributed by atoms with Crippen molar-refractivity contribution in [3.63, 3.8) is 0 Å². The molecule has 148 valence electrons. The van der Waals surface area contributed by atoms with E-state index in [1.165, 1.54) is 6.07 Å². The zero-order valence-corrected chi connectivity index (χ0v) is 14.9. The van der Waals surface area contributed by atoms with Crippen molar-refractivity contribution in [2.45, 2.75) is 25.0 Å². The van der Waals surface area contributed by atoms with Gasteiger partial charge in [-0.25, -0.2) is 4.39 Å². The Bertz CT molecular complexity index is 889. The summed E-state index contributed by atoms with van der Waals surface area (Å²) in [5.41, 5.74) is 5.64. The Hall–Kier alpha value is -2.85. The monoisotopic (exact) mass is 390 g/mol. The Morgan fingerprint density at radius 3 is 2.71 bits per heavy atom. The maximum absolute atomic E-state index is 14.7. The second kappa shape index (κ2) is 6.95. The second-order valence-corrected chi connectivity index (χ2v) is 6.94. The largest absolute Gasteiger partial charge is 0.373 e. The topological polar surface area (TPSA) is 122 Å². The lowest BCUT2D eigenvalue weighted by Gasteiger charge is -2.35. The summed E-state index contributed by atoms with van der Waals surface area (Å²) in [4.78, 5) is 52.0. The number of carbonyl (C=O) groups is 4. The fraction of sp³-hybridized carbons (Fsp3) is 0.444. The van der Waals surface area contributed by atoms with Gasteiger partial charge in [0.1, 0.15) is 11.9 Å². The number of imide groups is 2. The number of halogens is 1. The van der Waals surface area contributed by atoms with E-state index in [2.05, 4.69) is 5.32 Å². The van der Waals surface area contributed by atoms with Gasteiger partial charge in [0.25, 0.3) is 11.8 Å². The van der Waals surface area contributed by atoms with Gasteiger partial charge in [-0.1, -0.05) is 0 Å². The highest BCUT2D eigenvalue weighted by Gasteiger charge is 2.47. The lowest BCUT2D eigenvalue weighted by Crippen LogP contribution is -2.54. The third-order valence-electron chi connectivity index (χ3n) is 5.25. The summed E-state index contributed by atoms with van der Waals surface area (Å²) in [6, 6.07) is 1.30. The molecule has 4 amide bonds. The molecule has 2 fully saturated rings. The quantitative estimate of drug-likeness (QED) is 0.660. The average Bonchev–Trinajstić information content (AvgIpc) is 2.92. The summed E-state index contributed by atoms with van der Waals surface area (Å²) in [6.45, 7) is 1.17. The number of morpholine rings is 1. The lowest BCUT2D eigenvalue weighted by atomic mass is 10.0. The minimum Gasteiger partial charge on any atom is -0.373 e. The van der Waals surface area contributed by atoms with Crippen LogP contribution in [0.25, 0.3) is 0 Å². The SMILES string of the molecule is NCC1CN(c2c(F)ccc3c2C(=O)N(C2CCC(=O)NC2=O)C3=O)CCO1. The number of amides is 4. The molecular weight excluding hydrogens is 371 g/mol. The van der Waals surface area contributed by atoms with Crippen LogP contribution >= 0.6 is 0 Å². The van der Waals surface area contributed by atoms with Crippen LogP contribution in [0.2, 0.25) is 0 Å². The minimum atomic E-state index is -1.09. The van der Waals surface area contributed by atoms with Crippen LogP contribution in [-0.4, -0.2) is 66.9 Å². The molecule has 3 heterocycles. The average molecular weight is 390 g/mol. The molecule has 0 saturated carbocycles. The molecular formula is C18H19FN4O5. The first kappa shape index (κ1) is 18.5. The van der Waals surface area contributed by atoms with Crippen LogP contribution in [0.3, 0.4) is 0 Å². The highest BCUT2D eigenvalue weighted by molar-refractivity contribution is 6.25. The number of carbonyl (C=O) groups excluding carboxylic acids is 4. The van der Waals surface area contributed by atoms with Crippen LogP contribution in [0, 0.1) is 5.82 Å². The zero-order chi connectivity index (χ0) is 20.0. The van der Waals surface area contributed by atoms with E-state index in [-0.39, 0.29) is 48.8 Å². The van der Waals surface area contributed by atoms with Crippen molar-refractivity contribution < 1.29 is 28.3 Å². The number of ether oxygens (including phenoxy) is 1. The fourth-order valence-corrected chi connectivity index (χ4v) is 3.89. The predicted octanol–water partition coefficient (Wildman–Crippen LogP) is -0.609. The molecule has 0 bridgehead atoms. The fourth-order valence-electron chi connectivity index (χ4n) is 3.89. The van der Waals surface area contributed by atoms with Gasteiger partial charge in [-0.05, 0) is 18.6 Å². The van der Waals surface area contributed by atoms with Crippen LogP contribution in [0.1, 0.15) is 33.6 Å². The first-order chi connectivity index (χ1) is 13.4. The molecule has 10 heteroatoms. The van der Waals surface area contributed by atoms with Crippen molar-refractivity contribution >= 4 is 29.3 Å². The Morgan fingerprint density at radius 2 is 2.00 bits per heavy atom. The molecule has 2 unspecified atom stereocenters. The van der Waals surface area contributed by atoms with Gasteiger partial charge in [-0.15, -0.1) is 0 Å². The van der Waals surface area contributed by atoms with E-state index in [0.29, 0.717) is 13.2 Å². The summed E-state index contributed by atoms with van der Waals surface area (Å²) in [7, 11) is 0. The van der Waals surface area contributed by atoms with Crippen molar-refractivity contribution in [3.8, 4) is 0 Å². The molecule has 1 aromatic carbocycles. The van der Waals surface area contributed by atoms with Gasteiger partial charge in [0, 0.05) is 26.1 Å². The molecule has 28 heavy (non-hydrogen) atoms. The molecule has 9 nitrogen and oxygen atoms in total. The Balaban J connectivity index is 1.72. The number of fused-ring (bicyclic) bond motifs is 1. The summed E-state index contributed by atoms with van der Waals surface area (Å²) in [6.07, 6.45) is -0.254. The maximum atomic E-state index is 14.7. The normalized spacial score (nSPS) is 25.2. The first-order valence-electron chi connectivity index (χ1n) is 9.03. The van der Waals surface area contributed by atoms with Crippen LogP contribution in [0.5, 0.6) is 0 Å². The third-order valence-corrected chi connectivity index (χ3v) is 5.25. The number of benzene rings is 1. The van der Waals surface area contributed by atoms with E-state index in [4.69, 9.17) is 10.5 Å². The molecule has 3 aliphatic rings. The second-order valence-electron chi connectivity index (χ2n) is 6.94. The number of nitrogens with two attached hydrogens (primary N) is 1. The van der Waals surface area contributed by atoms with Gasteiger partial charge in [-0.2, -0.15) is 0 Å². The lowest BCUT2D eigenvalue weighted by molar-refractivity contribution is -0.136. The summed E-state index contributed by atoms with van der Waals surface area (Å²) in [5, 5.41) is 2.14. The molecule has 0 aliphatic carbocycles. The molecule has 4 rings (SSSR count). The number of nitrogens with one attached hydrogen (secondary N) is 1. The summed E-state index contributed by atoms with van der Waals surface area (Å²) >= 11 is 0. The minimum absolute atomic E-state index is 0.0205. The number of anilines is 1. The predicted molar refractivity (Wildman–Crippen MR) is 94.1 cm³/mol. The van der Waals surface area contributed by atoms with Crippen molar-refractivity contribution in [3.05, 3.63) is 29.1 Å². The first-order valence-corrected chi connectivity index (χ1v) is 9.03. The molecule has 3 aliphatic heterocycles. The third kappa shape index (κ3) is 2.85. The van der Waals surface area contributed by atoms with Crippen LogP contribution < -0.4 is 16.0 Å². The maximum Gasteiger partial charge on any atom is 0.264 e. The number of nitrogens with zero attached hydrogens (tertiary/aromatic N) is 2. The van der Waals surface area contributed by atoms with E-state index in [0.717, 1.165) is 11.0 Å². The Kier molecular flexibility index (Phi) is 4.60.